The Kier molecular flexibility index (Phi) is 5.94. The molecule has 1 fully saturated rings. The van der Waals surface area contributed by atoms with E-state index in [4.69, 9.17) is 9.47 Å². The Morgan fingerprint density at radius 3 is 2.62 bits per heavy atom. The van der Waals surface area contributed by atoms with Gasteiger partial charge in [-0.3, -0.25) is 0 Å². The molecule has 26 heavy (non-hydrogen) atoms. The van der Waals surface area contributed by atoms with E-state index < -0.39 is 0 Å². The molecule has 3 rings (SSSR count). The summed E-state index contributed by atoms with van der Waals surface area (Å²) >= 11 is 0. The highest BCUT2D eigenvalue weighted by molar-refractivity contribution is 5.76. The average Bonchev–Trinajstić information content (AvgIpc) is 3.44. The molecular formula is C20H23N3O3. The summed E-state index contributed by atoms with van der Waals surface area (Å²) in [6, 6.07) is 4.07. The van der Waals surface area contributed by atoms with Crippen molar-refractivity contribution in [2.24, 2.45) is 11.8 Å². The van der Waals surface area contributed by atoms with Crippen LogP contribution in [0.5, 0.6) is 17.6 Å². The van der Waals surface area contributed by atoms with Crippen molar-refractivity contribution in [1.29, 1.82) is 0 Å². The van der Waals surface area contributed by atoms with Crippen LogP contribution >= 0.6 is 0 Å². The van der Waals surface area contributed by atoms with Crippen LogP contribution in [0.15, 0.2) is 36.8 Å². The zero-order valence-corrected chi connectivity index (χ0v) is 15.1. The molecule has 136 valence electrons. The van der Waals surface area contributed by atoms with Gasteiger partial charge in [-0.05, 0) is 43.2 Å². The van der Waals surface area contributed by atoms with Crippen molar-refractivity contribution < 1.29 is 14.3 Å². The Morgan fingerprint density at radius 2 is 2.00 bits per heavy atom. The number of rotatable bonds is 9. The molecule has 0 bridgehead atoms. The number of hydrogen-bond donors (Lipinski definition) is 0. The smallest absolute Gasteiger partial charge is 0.316 e. The molecule has 1 aliphatic carbocycles. The van der Waals surface area contributed by atoms with Gasteiger partial charge in [0.1, 0.15) is 5.78 Å². The highest BCUT2D eigenvalue weighted by Crippen LogP contribution is 2.29. The van der Waals surface area contributed by atoms with E-state index in [2.05, 4.69) is 15.0 Å². The molecule has 0 N–H and O–H groups in total. The van der Waals surface area contributed by atoms with E-state index in [1.807, 2.05) is 25.1 Å². The molecule has 0 saturated heterocycles. The minimum absolute atomic E-state index is 0.190. The predicted molar refractivity (Wildman–Crippen MR) is 98.1 cm³/mol. The third kappa shape index (κ3) is 5.95. The number of nitrogens with zero attached hydrogens (tertiary/aromatic N) is 3. The summed E-state index contributed by atoms with van der Waals surface area (Å²) in [6.07, 6.45) is 11.8. The van der Waals surface area contributed by atoms with Gasteiger partial charge in [-0.2, -0.15) is 9.97 Å². The molecule has 0 amide bonds. The average molecular weight is 353 g/mol. The Hall–Kier alpha value is -2.76. The number of ketones is 1. The van der Waals surface area contributed by atoms with Crippen molar-refractivity contribution in [2.45, 2.75) is 33.1 Å². The standard InChI is InChI=1S/C20H23N3O3/c1-14(9-15(2)24)3-4-16-7-8-19(21-10-16)26-18-11-22-20(23-12-18)25-13-17-5-6-17/h3-4,7-8,10-12,14,17H,5-6,9,13H2,1-2H3/b4-3+/t14-/m0/s1. The molecule has 6 heteroatoms. The van der Waals surface area contributed by atoms with Gasteiger partial charge in [-0.15, -0.1) is 0 Å². The van der Waals surface area contributed by atoms with E-state index in [1.54, 1.807) is 31.6 Å². The molecule has 0 aromatic carbocycles. The monoisotopic (exact) mass is 353 g/mol. The van der Waals surface area contributed by atoms with Crippen LogP contribution in [0, 0.1) is 11.8 Å². The van der Waals surface area contributed by atoms with Gasteiger partial charge < -0.3 is 14.3 Å². The number of carbonyl (C=O) groups excluding carboxylic acids is 1. The van der Waals surface area contributed by atoms with E-state index in [0.29, 0.717) is 36.6 Å². The molecular weight excluding hydrogens is 330 g/mol. The van der Waals surface area contributed by atoms with Crippen molar-refractivity contribution in [3.63, 3.8) is 0 Å². The van der Waals surface area contributed by atoms with Crippen molar-refractivity contribution in [1.82, 2.24) is 15.0 Å². The maximum atomic E-state index is 11.1. The van der Waals surface area contributed by atoms with Gasteiger partial charge in [0, 0.05) is 18.7 Å². The second kappa shape index (κ2) is 8.56. The predicted octanol–water partition coefficient (Wildman–Crippen LogP) is 4.08. The summed E-state index contributed by atoms with van der Waals surface area (Å²) < 4.78 is 11.1. The number of Topliss-reactive ketones (excluding diaryl/α,β-unsaturated/α-hetero) is 1. The minimum Gasteiger partial charge on any atom is -0.463 e. The van der Waals surface area contributed by atoms with Crippen molar-refractivity contribution in [3.05, 3.63) is 42.4 Å². The number of carbonyl (C=O) groups is 1. The molecule has 6 nitrogen and oxygen atoms in total. The van der Waals surface area contributed by atoms with Gasteiger partial charge >= 0.3 is 6.01 Å². The molecule has 0 unspecified atom stereocenters. The third-order valence-electron chi connectivity index (χ3n) is 3.96. The van der Waals surface area contributed by atoms with Gasteiger partial charge in [0.25, 0.3) is 0 Å². The third-order valence-corrected chi connectivity index (χ3v) is 3.96. The fraction of sp³-hybridized carbons (Fsp3) is 0.400. The first kappa shape index (κ1) is 18.0. The van der Waals surface area contributed by atoms with Crippen LogP contribution in [0.2, 0.25) is 0 Å². The second-order valence-corrected chi connectivity index (χ2v) is 6.73. The van der Waals surface area contributed by atoms with E-state index >= 15 is 0 Å². The summed E-state index contributed by atoms with van der Waals surface area (Å²) in [7, 11) is 0. The molecule has 1 saturated carbocycles. The summed E-state index contributed by atoms with van der Waals surface area (Å²) in [5.74, 6) is 2.04. The number of pyridine rings is 1. The summed E-state index contributed by atoms with van der Waals surface area (Å²) in [5, 5.41) is 0. The molecule has 2 heterocycles. The zero-order valence-electron chi connectivity index (χ0n) is 15.1. The second-order valence-electron chi connectivity index (χ2n) is 6.73. The lowest BCUT2D eigenvalue weighted by Crippen LogP contribution is -2.02. The highest BCUT2D eigenvalue weighted by Gasteiger charge is 2.22. The highest BCUT2D eigenvalue weighted by atomic mass is 16.5. The van der Waals surface area contributed by atoms with Crippen LogP contribution in [-0.4, -0.2) is 27.3 Å². The Bertz CT molecular complexity index is 753. The van der Waals surface area contributed by atoms with Gasteiger partial charge in [-0.25, -0.2) is 4.98 Å². The largest absolute Gasteiger partial charge is 0.463 e. The van der Waals surface area contributed by atoms with Crippen LogP contribution in [-0.2, 0) is 4.79 Å². The maximum Gasteiger partial charge on any atom is 0.316 e. The normalized spacial score (nSPS) is 15.0. The lowest BCUT2D eigenvalue weighted by atomic mass is 10.0. The number of allylic oxidation sites excluding steroid dienone is 1. The molecule has 1 aliphatic rings. The fourth-order valence-corrected chi connectivity index (χ4v) is 2.38. The van der Waals surface area contributed by atoms with E-state index in [1.165, 1.54) is 12.8 Å². The first-order chi connectivity index (χ1) is 12.6. The minimum atomic E-state index is 0.190. The zero-order chi connectivity index (χ0) is 18.4. The van der Waals surface area contributed by atoms with E-state index in [9.17, 15) is 4.79 Å². The molecule has 0 aliphatic heterocycles. The Labute approximate surface area is 153 Å². The van der Waals surface area contributed by atoms with Gasteiger partial charge in [0.2, 0.25) is 5.88 Å². The van der Waals surface area contributed by atoms with Crippen molar-refractivity contribution in [3.8, 4) is 17.6 Å². The van der Waals surface area contributed by atoms with Gasteiger partial charge in [0.15, 0.2) is 5.75 Å². The number of ether oxygens (including phenoxy) is 2. The van der Waals surface area contributed by atoms with E-state index in [0.717, 1.165) is 5.56 Å². The summed E-state index contributed by atoms with van der Waals surface area (Å²) in [6.45, 7) is 4.30. The van der Waals surface area contributed by atoms with Crippen LogP contribution in [0.1, 0.15) is 38.7 Å². The molecule has 0 radical (unpaired) electrons. The molecule has 2 aromatic rings. The summed E-state index contributed by atoms with van der Waals surface area (Å²) in [5.41, 5.74) is 0.952. The topological polar surface area (TPSA) is 74.2 Å². The van der Waals surface area contributed by atoms with Crippen molar-refractivity contribution >= 4 is 11.9 Å². The quantitative estimate of drug-likeness (QED) is 0.676. The van der Waals surface area contributed by atoms with Crippen LogP contribution < -0.4 is 9.47 Å². The fourth-order valence-electron chi connectivity index (χ4n) is 2.38. The van der Waals surface area contributed by atoms with Crippen LogP contribution in [0.4, 0.5) is 0 Å². The first-order valence-electron chi connectivity index (χ1n) is 8.85. The number of hydrogen-bond acceptors (Lipinski definition) is 6. The van der Waals surface area contributed by atoms with Gasteiger partial charge in [-0.1, -0.05) is 19.1 Å². The van der Waals surface area contributed by atoms with Crippen molar-refractivity contribution in [2.75, 3.05) is 6.61 Å². The van der Waals surface area contributed by atoms with Crippen LogP contribution in [0.3, 0.4) is 0 Å². The molecule has 2 aromatic heterocycles. The first-order valence-corrected chi connectivity index (χ1v) is 8.85. The van der Waals surface area contributed by atoms with E-state index in [-0.39, 0.29) is 11.7 Å². The maximum absolute atomic E-state index is 11.1. The summed E-state index contributed by atoms with van der Waals surface area (Å²) in [4.78, 5) is 23.6. The lowest BCUT2D eigenvalue weighted by molar-refractivity contribution is -0.117. The van der Waals surface area contributed by atoms with Crippen LogP contribution in [0.25, 0.3) is 6.08 Å². The Balaban J connectivity index is 1.51. The Morgan fingerprint density at radius 1 is 1.23 bits per heavy atom. The number of aromatic nitrogens is 3. The molecule has 0 spiro atoms. The van der Waals surface area contributed by atoms with Gasteiger partial charge in [0.05, 0.1) is 19.0 Å². The SMILES string of the molecule is CC(=O)C[C@@H](C)/C=C/c1ccc(Oc2cnc(OCC3CC3)nc2)nc1. The molecule has 1 atom stereocenters. The lowest BCUT2D eigenvalue weighted by Gasteiger charge is -2.06.